The van der Waals surface area contributed by atoms with Crippen LogP contribution < -0.4 is 0 Å². The standard InChI is InChI=1S/B24H13O24/c25-1-14(38-7-31)20(44-13-37)22(46-18(5-29)42-11-35)23(21(15(2-26)39-8-32)45-17(4-28)41-10-34)48-24(16(3-27)40-9-33)47-19(6-30)43-12-36/h25-37H. The van der Waals surface area contributed by atoms with Crippen LogP contribution in [0.2, 0.25) is 0 Å². The Hall–Kier alpha value is 0.598. The molecule has 0 amide bonds. The Morgan fingerprint density at radius 2 is 0.604 bits per heavy atom. The van der Waals surface area contributed by atoms with Crippen molar-refractivity contribution < 1.29 is 116 Å². The zero-order valence-corrected chi connectivity index (χ0v) is 24.2. The summed E-state index contributed by atoms with van der Waals surface area (Å²) in [6.07, 6.45) is 0. The second kappa shape index (κ2) is 31.2. The number of hydrogen-bond acceptors (Lipinski definition) is 24. The van der Waals surface area contributed by atoms with Crippen molar-refractivity contribution in [1.29, 1.82) is 0 Å². The molecule has 13 radical (unpaired) electrons. The van der Waals surface area contributed by atoms with E-state index in [4.69, 9.17) is 46.6 Å². The van der Waals surface area contributed by atoms with Crippen LogP contribution >= 0.6 is 0 Å². The smallest absolute Gasteiger partial charge is 0.469 e. The molecule has 0 aromatic carbocycles. The van der Waals surface area contributed by atoms with Gasteiger partial charge in [-0.1, -0.05) is 0 Å². The molecule has 0 aliphatic rings. The summed E-state index contributed by atoms with van der Waals surface area (Å²) in [5.41, 5.74) is 0. The molecule has 13 N–H and O–H groups in total. The van der Waals surface area contributed by atoms with Gasteiger partial charge in [0, 0.05) is 0 Å². The fourth-order valence-electron chi connectivity index (χ4n) is 3.48. The minimum absolute atomic E-state index is 0.00108. The van der Waals surface area contributed by atoms with Gasteiger partial charge in [-0.05, 0) is 0 Å². The fraction of sp³-hybridized carbons (Fsp3) is 0. The van der Waals surface area contributed by atoms with Crippen LogP contribution in [-0.4, -0.2) is 238 Å². The first-order valence-corrected chi connectivity index (χ1v) is 12.5. The lowest BCUT2D eigenvalue weighted by Gasteiger charge is -2.38. The molecule has 24 nitrogen and oxygen atoms in total. The zero-order chi connectivity index (χ0) is 36.3. The normalized spacial score (nSPS) is 9.85. The van der Waals surface area contributed by atoms with Crippen molar-refractivity contribution >= 4 is 173 Å². The maximum atomic E-state index is 10.0. The molecule has 0 saturated carbocycles. The lowest BCUT2D eigenvalue weighted by molar-refractivity contribution is 0.367. The first-order valence-electron chi connectivity index (χ1n) is 12.5. The van der Waals surface area contributed by atoms with E-state index < -0.39 is 74.9 Å². The first-order chi connectivity index (χ1) is 23.3. The van der Waals surface area contributed by atoms with Crippen LogP contribution in [0.1, 0.15) is 0 Å². The summed E-state index contributed by atoms with van der Waals surface area (Å²) in [6.45, 7) is -14.9. The van der Waals surface area contributed by atoms with Crippen molar-refractivity contribution in [1.82, 2.24) is 0 Å². The van der Waals surface area contributed by atoms with Gasteiger partial charge in [0.25, 0.3) is 62.3 Å². The van der Waals surface area contributed by atoms with Gasteiger partial charge in [-0.2, -0.15) is 0 Å². The van der Waals surface area contributed by atoms with E-state index in [1.165, 1.54) is 0 Å². The average Bonchev–Trinajstić information content (AvgIpc) is 3.10. The van der Waals surface area contributed by atoms with E-state index >= 15 is 0 Å². The molecule has 0 saturated heterocycles. The van der Waals surface area contributed by atoms with E-state index in [0.717, 1.165) is 0 Å². The molecular formula is H13B24O24. The third kappa shape index (κ3) is 17.9. The van der Waals surface area contributed by atoms with Crippen molar-refractivity contribution in [2.45, 2.75) is 0 Å². The van der Waals surface area contributed by atoms with Crippen LogP contribution in [0.3, 0.4) is 0 Å². The van der Waals surface area contributed by atoms with E-state index in [1.54, 1.807) is 0 Å². The maximum absolute atomic E-state index is 10.0. The van der Waals surface area contributed by atoms with Gasteiger partial charge in [0.2, 0.25) is 0 Å². The SMILES string of the molecule is O[B]OB([B]O)OB(OB(B(OB([B]O)O[B]O)B([B]O)O[B]O)B(OB([B]O)O[B]O)B(O[B]O)B([B]O)O[B]O)B([B]O)O[B]O. The summed E-state index contributed by atoms with van der Waals surface area (Å²) in [6, 6.07) is 0. The fourth-order valence-corrected chi connectivity index (χ4v) is 3.48. The molecule has 0 atom stereocenters. The summed E-state index contributed by atoms with van der Waals surface area (Å²) in [7, 11) is -7.35. The second-order valence-electron chi connectivity index (χ2n) is 7.86. The van der Waals surface area contributed by atoms with Gasteiger partial charge in [-0.15, -0.1) is 0 Å². The molecule has 0 unspecified atom stereocenters. The van der Waals surface area contributed by atoms with Gasteiger partial charge in [0.05, 0.1) is 0 Å². The molecular weight excluding hydrogens is 643 g/mol. The molecule has 0 rings (SSSR count). The molecule has 48 heteroatoms. The molecule has 0 bridgehead atoms. The predicted molar refractivity (Wildman–Crippen MR) is 179 cm³/mol. The van der Waals surface area contributed by atoms with Gasteiger partial charge < -0.3 is 116 Å². The van der Waals surface area contributed by atoms with Crippen LogP contribution in [0.4, 0.5) is 0 Å². The van der Waals surface area contributed by atoms with E-state index in [2.05, 4.69) is 13.7 Å². The van der Waals surface area contributed by atoms with Gasteiger partial charge in [0.15, 0.2) is 0 Å². The lowest BCUT2D eigenvalue weighted by atomic mass is 8.78. The third-order valence-corrected chi connectivity index (χ3v) is 5.29. The topological polar surface area (TPSA) is 365 Å². The van der Waals surface area contributed by atoms with Crippen molar-refractivity contribution in [2.24, 2.45) is 0 Å². The summed E-state index contributed by atoms with van der Waals surface area (Å²) in [4.78, 5) is 0. The molecule has 0 aromatic heterocycles. The van der Waals surface area contributed by atoms with E-state index in [1.807, 2.05) is 0 Å². The lowest BCUT2D eigenvalue weighted by Crippen LogP contribution is -2.75. The Balaban J connectivity index is 7.79. The van der Waals surface area contributed by atoms with E-state index in [0.29, 0.717) is 0 Å². The molecule has 0 aliphatic carbocycles. The Morgan fingerprint density at radius 3 is 0.979 bits per heavy atom. The molecule has 0 fully saturated rings. The Labute approximate surface area is 288 Å². The summed E-state index contributed by atoms with van der Waals surface area (Å²) < 4.78 is 55.8. The maximum Gasteiger partial charge on any atom is 0.469 e. The number of hydrogen-bond donors (Lipinski definition) is 13. The highest BCUT2D eigenvalue weighted by atomic mass is 16.6. The molecule has 229 valence electrons. The van der Waals surface area contributed by atoms with Crippen LogP contribution in [0.25, 0.3) is 0 Å². The minimum atomic E-state index is -2.32. The van der Waals surface area contributed by atoms with Crippen LogP contribution in [0.5, 0.6) is 0 Å². The van der Waals surface area contributed by atoms with Crippen molar-refractivity contribution in [3.8, 4) is 0 Å². The highest BCUT2D eigenvalue weighted by molar-refractivity contribution is 7.81. The van der Waals surface area contributed by atoms with Crippen LogP contribution in [0, 0.1) is 0 Å². The molecule has 0 aromatic rings. The first kappa shape index (κ1) is 48.6. The van der Waals surface area contributed by atoms with Gasteiger partial charge in [0.1, 0.15) is 0 Å². The molecule has 48 heavy (non-hydrogen) atoms. The summed E-state index contributed by atoms with van der Waals surface area (Å²) in [5, 5.41) is 124. The van der Waals surface area contributed by atoms with Gasteiger partial charge >= 0.3 is 111 Å². The van der Waals surface area contributed by atoms with E-state index in [9.17, 15) is 55.3 Å². The predicted octanol–water partition coefficient (Wildman–Crippen LogP) is -17.1. The quantitative estimate of drug-likeness (QED) is 0.0286. The van der Waals surface area contributed by atoms with Crippen molar-refractivity contribution in [3.05, 3.63) is 0 Å². The highest BCUT2D eigenvalue weighted by Gasteiger charge is 2.60. The van der Waals surface area contributed by atoms with Crippen molar-refractivity contribution in [2.75, 3.05) is 0 Å². The van der Waals surface area contributed by atoms with Gasteiger partial charge in [-0.3, -0.25) is 0 Å². The molecule has 0 heterocycles. The van der Waals surface area contributed by atoms with Crippen LogP contribution in [0.15, 0.2) is 0 Å². The van der Waals surface area contributed by atoms with Crippen molar-refractivity contribution in [3.63, 3.8) is 0 Å². The Bertz CT molecular complexity index is 713. The molecule has 0 aliphatic heterocycles. The highest BCUT2D eigenvalue weighted by Crippen LogP contribution is 2.16. The minimum Gasteiger partial charge on any atom is -0.488 e. The Morgan fingerprint density at radius 1 is 0.271 bits per heavy atom. The van der Waals surface area contributed by atoms with Crippen LogP contribution in [-0.2, 0) is 50.3 Å². The zero-order valence-electron chi connectivity index (χ0n) is 24.2. The number of rotatable bonds is 34. The Kier molecular flexibility index (Phi) is 31.5. The molecule has 0 spiro atoms. The van der Waals surface area contributed by atoms with Gasteiger partial charge in [-0.25, -0.2) is 0 Å². The summed E-state index contributed by atoms with van der Waals surface area (Å²) >= 11 is 0. The average molecular weight is 657 g/mol. The monoisotopic (exact) mass is 661 g/mol. The third-order valence-electron chi connectivity index (χ3n) is 5.29. The second-order valence-corrected chi connectivity index (χ2v) is 7.86. The summed E-state index contributed by atoms with van der Waals surface area (Å²) in [5.74, 6) is 0. The largest absolute Gasteiger partial charge is 0.488 e. The van der Waals surface area contributed by atoms with E-state index in [-0.39, 0.29) is 98.0 Å².